The van der Waals surface area contributed by atoms with Crippen molar-refractivity contribution in [3.8, 4) is 22.8 Å². The van der Waals surface area contributed by atoms with Gasteiger partial charge in [-0.2, -0.15) is 5.10 Å². The maximum atomic E-state index is 8.00. The fraction of sp³-hybridized carbons (Fsp3) is 0.293. The number of anilines is 1. The molecule has 2 aromatic carbocycles. The number of methoxy groups -OCH3 is 1. The zero-order chi connectivity index (χ0) is 36.9. The second-order valence-electron chi connectivity index (χ2n) is 12.1. The van der Waals surface area contributed by atoms with Crippen molar-refractivity contribution in [3.05, 3.63) is 109 Å². The lowest BCUT2D eigenvalue weighted by Crippen LogP contribution is -2.34. The van der Waals surface area contributed by atoms with Crippen molar-refractivity contribution in [1.29, 1.82) is 0 Å². The molecule has 0 radical (unpaired) electrons. The summed E-state index contributed by atoms with van der Waals surface area (Å²) in [7, 11) is 3.70. The van der Waals surface area contributed by atoms with E-state index in [4.69, 9.17) is 13.9 Å². The van der Waals surface area contributed by atoms with E-state index >= 15 is 0 Å². The van der Waals surface area contributed by atoms with Crippen LogP contribution in [0.5, 0.6) is 0 Å². The summed E-state index contributed by atoms with van der Waals surface area (Å²) in [6.07, 6.45) is 11.9. The van der Waals surface area contributed by atoms with Gasteiger partial charge in [0, 0.05) is 99.4 Å². The number of nitrogens with one attached hydrogen (secondary N) is 2. The van der Waals surface area contributed by atoms with E-state index in [0.29, 0.717) is 6.10 Å². The molecule has 2 aliphatic heterocycles. The highest BCUT2D eigenvalue weighted by Crippen LogP contribution is 2.32. The number of furan rings is 1. The van der Waals surface area contributed by atoms with Crippen LogP contribution in [0, 0.1) is 0 Å². The Hall–Kier alpha value is -5.65. The molecule has 4 aromatic heterocycles. The summed E-state index contributed by atoms with van der Waals surface area (Å²) >= 11 is 0. The van der Waals surface area contributed by atoms with E-state index in [-0.39, 0.29) is 0 Å². The molecule has 11 nitrogen and oxygen atoms in total. The van der Waals surface area contributed by atoms with E-state index in [9.17, 15) is 0 Å². The first-order valence-electron chi connectivity index (χ1n) is 17.6. The molecule has 11 heteroatoms. The molecule has 52 heavy (non-hydrogen) atoms. The van der Waals surface area contributed by atoms with Gasteiger partial charge >= 0.3 is 0 Å². The van der Waals surface area contributed by atoms with Gasteiger partial charge in [-0.1, -0.05) is 50.8 Å². The molecule has 2 aliphatic rings. The standard InChI is InChI=1S/C23H28N4O.C15H12N4O.C2H6.CH2O/c1-18(16-26-13-10-22(17-26)28-2)27-14-8-20(9-15-27)19-4-6-21(7-5-19)23-24-11-3-12-25-23;1-16-10-2-3-12-11(7-10)15(19-18-12)14-6-9-8-17-5-4-13(9)20-14;2*1-2/h3-8,11-12,22H,1,9-10,13-17H2,2H3;2-8,16H,1H3,(H,18,19);1-2H3;1H2. The van der Waals surface area contributed by atoms with E-state index < -0.39 is 0 Å². The summed E-state index contributed by atoms with van der Waals surface area (Å²) in [5.41, 5.74) is 8.61. The molecule has 6 heterocycles. The molecule has 0 spiro atoms. The minimum absolute atomic E-state index is 0.380. The Morgan fingerprint density at radius 3 is 2.46 bits per heavy atom. The zero-order valence-corrected chi connectivity index (χ0v) is 30.5. The quantitative estimate of drug-likeness (QED) is 0.163. The molecule has 0 aliphatic carbocycles. The van der Waals surface area contributed by atoms with E-state index in [0.717, 1.165) is 96.0 Å². The number of aromatic amines is 1. The maximum absolute atomic E-state index is 8.00. The number of aromatic nitrogens is 5. The van der Waals surface area contributed by atoms with Crippen LogP contribution in [-0.2, 0) is 9.53 Å². The van der Waals surface area contributed by atoms with E-state index in [1.54, 1.807) is 31.9 Å². The Morgan fingerprint density at radius 1 is 1.02 bits per heavy atom. The molecule has 0 saturated carbocycles. The maximum Gasteiger partial charge on any atom is 0.159 e. The Labute approximate surface area is 305 Å². The van der Waals surface area contributed by atoms with E-state index in [1.165, 1.54) is 16.8 Å². The molecule has 1 unspecified atom stereocenters. The van der Waals surface area contributed by atoms with Crippen molar-refractivity contribution < 1.29 is 13.9 Å². The highest BCUT2D eigenvalue weighted by atomic mass is 16.5. The van der Waals surface area contributed by atoms with Crippen molar-refractivity contribution in [2.24, 2.45) is 0 Å². The number of pyridine rings is 1. The summed E-state index contributed by atoms with van der Waals surface area (Å²) in [6, 6.07) is 20.3. The molecular formula is C41H48N8O3. The van der Waals surface area contributed by atoms with Gasteiger partial charge in [0.15, 0.2) is 11.6 Å². The van der Waals surface area contributed by atoms with Crippen LogP contribution in [0.2, 0.25) is 0 Å². The average molecular weight is 701 g/mol. The fourth-order valence-corrected chi connectivity index (χ4v) is 6.35. The second kappa shape index (κ2) is 18.5. The summed E-state index contributed by atoms with van der Waals surface area (Å²) in [5, 5.41) is 12.5. The van der Waals surface area contributed by atoms with Crippen LogP contribution in [-0.4, -0.2) is 94.7 Å². The molecule has 1 atom stereocenters. The number of nitrogens with zero attached hydrogens (tertiary/aromatic N) is 6. The van der Waals surface area contributed by atoms with Gasteiger partial charge in [-0.25, -0.2) is 9.97 Å². The number of rotatable bonds is 8. The highest BCUT2D eigenvalue weighted by Gasteiger charge is 2.24. The van der Waals surface area contributed by atoms with Gasteiger partial charge in [-0.05, 0) is 60.4 Å². The molecular weight excluding hydrogens is 653 g/mol. The fourth-order valence-electron chi connectivity index (χ4n) is 6.35. The van der Waals surface area contributed by atoms with Crippen molar-refractivity contribution in [1.82, 2.24) is 34.9 Å². The first-order chi connectivity index (χ1) is 25.6. The topological polar surface area (TPSA) is 125 Å². The predicted molar refractivity (Wildman–Crippen MR) is 210 cm³/mol. The van der Waals surface area contributed by atoms with Gasteiger partial charge in [0.25, 0.3) is 0 Å². The lowest BCUT2D eigenvalue weighted by atomic mass is 9.98. The molecule has 0 amide bonds. The number of likely N-dealkylation sites (tertiary alicyclic amines) is 1. The Kier molecular flexibility index (Phi) is 13.4. The Morgan fingerprint density at radius 2 is 1.79 bits per heavy atom. The number of ether oxygens (including phenoxy) is 1. The van der Waals surface area contributed by atoms with Gasteiger partial charge in [0.2, 0.25) is 0 Å². The van der Waals surface area contributed by atoms with Crippen LogP contribution in [0.3, 0.4) is 0 Å². The number of carbonyl (C=O) groups excluding carboxylic acids is 1. The number of hydrogen-bond acceptors (Lipinski definition) is 10. The molecule has 6 aromatic rings. The van der Waals surface area contributed by atoms with Crippen molar-refractivity contribution >= 4 is 39.9 Å². The predicted octanol–water partition coefficient (Wildman–Crippen LogP) is 7.72. The molecule has 0 bridgehead atoms. The van der Waals surface area contributed by atoms with Crippen molar-refractivity contribution in [2.45, 2.75) is 32.8 Å². The highest BCUT2D eigenvalue weighted by molar-refractivity contribution is 5.95. The molecule has 270 valence electrons. The summed E-state index contributed by atoms with van der Waals surface area (Å²) in [5.74, 6) is 1.51. The van der Waals surface area contributed by atoms with Gasteiger partial charge in [-0.15, -0.1) is 0 Å². The first-order valence-corrected chi connectivity index (χ1v) is 17.6. The minimum Gasteiger partial charge on any atom is -0.454 e. The SMILES string of the molecule is C=C(CN1CCC(OC)C1)N1CC=C(c2ccc(-c3ncccn3)cc2)CC1.C=O.CC.CNc1ccc2[nH]nc(-c3cc4cnccc4o3)c2c1. The van der Waals surface area contributed by atoms with E-state index in [1.807, 2.05) is 58.0 Å². The summed E-state index contributed by atoms with van der Waals surface area (Å²) in [6.45, 7) is 15.3. The third kappa shape index (κ3) is 8.98. The Bertz CT molecular complexity index is 2020. The smallest absolute Gasteiger partial charge is 0.159 e. The second-order valence-corrected chi connectivity index (χ2v) is 12.1. The largest absolute Gasteiger partial charge is 0.454 e. The van der Waals surface area contributed by atoms with Gasteiger partial charge < -0.3 is 24.2 Å². The molecule has 1 saturated heterocycles. The van der Waals surface area contributed by atoms with Crippen LogP contribution in [0.25, 0.3) is 50.3 Å². The Balaban J connectivity index is 0.000000191. The summed E-state index contributed by atoms with van der Waals surface area (Å²) < 4.78 is 11.3. The van der Waals surface area contributed by atoms with Gasteiger partial charge in [0.05, 0.1) is 11.6 Å². The van der Waals surface area contributed by atoms with E-state index in [2.05, 4.69) is 83.3 Å². The monoisotopic (exact) mass is 700 g/mol. The normalized spacial score (nSPS) is 15.4. The first kappa shape index (κ1) is 37.6. The van der Waals surface area contributed by atoms with Crippen molar-refractivity contribution in [3.63, 3.8) is 0 Å². The summed E-state index contributed by atoms with van der Waals surface area (Å²) in [4.78, 5) is 25.6. The third-order valence-electron chi connectivity index (χ3n) is 9.11. The van der Waals surface area contributed by atoms with Crippen LogP contribution >= 0.6 is 0 Å². The number of benzene rings is 2. The van der Waals surface area contributed by atoms with Crippen LogP contribution in [0.15, 0.2) is 108 Å². The van der Waals surface area contributed by atoms with Crippen molar-refractivity contribution in [2.75, 3.05) is 52.2 Å². The van der Waals surface area contributed by atoms with Crippen LogP contribution in [0.4, 0.5) is 5.69 Å². The lowest BCUT2D eigenvalue weighted by molar-refractivity contribution is -0.0980. The number of carbonyl (C=O) groups is 1. The van der Waals surface area contributed by atoms with Crippen LogP contribution < -0.4 is 5.32 Å². The number of H-pyrrole nitrogens is 1. The van der Waals surface area contributed by atoms with Gasteiger partial charge in [-0.3, -0.25) is 15.0 Å². The van der Waals surface area contributed by atoms with Crippen LogP contribution in [0.1, 0.15) is 32.3 Å². The molecule has 8 rings (SSSR count). The average Bonchev–Trinajstić information content (AvgIpc) is 3.98. The number of fused-ring (bicyclic) bond motifs is 2. The number of hydrogen-bond donors (Lipinski definition) is 2. The van der Waals surface area contributed by atoms with Gasteiger partial charge in [0.1, 0.15) is 18.1 Å². The molecule has 2 N–H and O–H groups in total. The third-order valence-corrected chi connectivity index (χ3v) is 9.11. The zero-order valence-electron chi connectivity index (χ0n) is 30.5. The molecule has 1 fully saturated rings. The minimum atomic E-state index is 0.380. The lowest BCUT2D eigenvalue weighted by Gasteiger charge is -2.32.